The van der Waals surface area contributed by atoms with Crippen molar-refractivity contribution in [3.63, 3.8) is 0 Å². The van der Waals surface area contributed by atoms with Crippen molar-refractivity contribution in [1.29, 1.82) is 0 Å². The van der Waals surface area contributed by atoms with Crippen LogP contribution in [0, 0.1) is 11.3 Å². The Morgan fingerprint density at radius 3 is 2.81 bits per heavy atom. The summed E-state index contributed by atoms with van der Waals surface area (Å²) in [5.74, 6) is 0.693. The van der Waals surface area contributed by atoms with Crippen LogP contribution in [0.5, 0.6) is 0 Å². The van der Waals surface area contributed by atoms with Gasteiger partial charge in [0.2, 0.25) is 0 Å². The van der Waals surface area contributed by atoms with E-state index < -0.39 is 0 Å². The molecule has 1 saturated heterocycles. The summed E-state index contributed by atoms with van der Waals surface area (Å²) in [7, 11) is 2.10. The lowest BCUT2D eigenvalue weighted by molar-refractivity contribution is -0.125. The molecule has 1 aliphatic heterocycles. The second-order valence-corrected chi connectivity index (χ2v) is 5.35. The van der Waals surface area contributed by atoms with Gasteiger partial charge in [0, 0.05) is 19.7 Å². The van der Waals surface area contributed by atoms with Gasteiger partial charge in [-0.05, 0) is 25.8 Å². The molecule has 0 aromatic heterocycles. The Hall–Kier alpha value is -0.410. The number of carbonyl (C=O) groups excluding carboxylic acids is 1. The minimum atomic E-state index is -0.250. The van der Waals surface area contributed by atoms with E-state index in [-0.39, 0.29) is 5.41 Å². The van der Waals surface area contributed by atoms with E-state index in [0.29, 0.717) is 12.5 Å². The van der Waals surface area contributed by atoms with E-state index in [1.54, 1.807) is 0 Å². The van der Waals surface area contributed by atoms with E-state index >= 15 is 0 Å². The van der Waals surface area contributed by atoms with Crippen LogP contribution in [0.2, 0.25) is 0 Å². The Morgan fingerprint density at radius 1 is 1.56 bits per heavy atom. The van der Waals surface area contributed by atoms with Crippen LogP contribution in [0.25, 0.3) is 0 Å². The van der Waals surface area contributed by atoms with E-state index in [0.717, 1.165) is 38.8 Å². The molecule has 2 atom stereocenters. The topological polar surface area (TPSA) is 29.5 Å². The smallest absolute Gasteiger partial charge is 0.129 e. The first kappa shape index (κ1) is 13.7. The molecular formula is C13H25NO2. The molecule has 0 amide bonds. The van der Waals surface area contributed by atoms with Gasteiger partial charge in [-0.2, -0.15) is 0 Å². The molecule has 0 aromatic rings. The van der Waals surface area contributed by atoms with Gasteiger partial charge in [-0.15, -0.1) is 0 Å². The predicted molar refractivity (Wildman–Crippen MR) is 65.5 cm³/mol. The summed E-state index contributed by atoms with van der Waals surface area (Å²) >= 11 is 0. The zero-order valence-corrected chi connectivity index (χ0v) is 10.9. The van der Waals surface area contributed by atoms with E-state index in [9.17, 15) is 4.79 Å². The minimum Gasteiger partial charge on any atom is -0.380 e. The average Bonchev–Trinajstić information content (AvgIpc) is 2.29. The third kappa shape index (κ3) is 3.87. The lowest BCUT2D eigenvalue weighted by Gasteiger charge is -2.36. The van der Waals surface area contributed by atoms with Crippen LogP contribution in [0.15, 0.2) is 0 Å². The second-order valence-electron chi connectivity index (χ2n) is 5.35. The Kier molecular flexibility index (Phi) is 5.42. The Morgan fingerprint density at radius 2 is 2.31 bits per heavy atom. The molecule has 0 radical (unpaired) electrons. The molecule has 0 N–H and O–H groups in total. The third-order valence-corrected chi connectivity index (χ3v) is 3.51. The van der Waals surface area contributed by atoms with Gasteiger partial charge in [-0.3, -0.25) is 0 Å². The summed E-state index contributed by atoms with van der Waals surface area (Å²) in [6.07, 6.45) is 4.28. The number of aldehydes is 1. The van der Waals surface area contributed by atoms with Crippen molar-refractivity contribution >= 4 is 6.29 Å². The van der Waals surface area contributed by atoms with Crippen LogP contribution in [0.4, 0.5) is 0 Å². The van der Waals surface area contributed by atoms with Gasteiger partial charge in [0.05, 0.1) is 12.0 Å². The van der Waals surface area contributed by atoms with Crippen molar-refractivity contribution in [2.45, 2.75) is 33.1 Å². The van der Waals surface area contributed by atoms with E-state index in [1.807, 2.05) is 0 Å². The average molecular weight is 227 g/mol. The van der Waals surface area contributed by atoms with Gasteiger partial charge in [-0.1, -0.05) is 20.3 Å². The second kappa shape index (κ2) is 6.36. The predicted octanol–water partition coefficient (Wildman–Crippen LogP) is 1.96. The van der Waals surface area contributed by atoms with Gasteiger partial charge < -0.3 is 14.4 Å². The number of hydrogen-bond donors (Lipinski definition) is 0. The van der Waals surface area contributed by atoms with Gasteiger partial charge in [0.1, 0.15) is 6.29 Å². The van der Waals surface area contributed by atoms with Crippen molar-refractivity contribution in [2.75, 3.05) is 33.4 Å². The van der Waals surface area contributed by atoms with Crippen LogP contribution in [0.1, 0.15) is 33.1 Å². The standard InChI is InChI=1S/C13H25NO2/c1-4-12(2)8-14(3)9-13(10-15)6-5-7-16-11-13/h10,12H,4-9,11H2,1-3H3. The monoisotopic (exact) mass is 227 g/mol. The molecule has 0 spiro atoms. The molecule has 94 valence electrons. The molecule has 1 aliphatic rings. The summed E-state index contributed by atoms with van der Waals surface area (Å²) in [6.45, 7) is 7.76. The highest BCUT2D eigenvalue weighted by atomic mass is 16.5. The van der Waals surface area contributed by atoms with Gasteiger partial charge in [-0.25, -0.2) is 0 Å². The van der Waals surface area contributed by atoms with Crippen LogP contribution >= 0.6 is 0 Å². The zero-order chi connectivity index (χ0) is 12.0. The van der Waals surface area contributed by atoms with Gasteiger partial charge in [0.15, 0.2) is 0 Å². The summed E-state index contributed by atoms with van der Waals surface area (Å²) in [5.41, 5.74) is -0.250. The van der Waals surface area contributed by atoms with E-state index in [2.05, 4.69) is 25.8 Å². The number of rotatable bonds is 6. The van der Waals surface area contributed by atoms with Gasteiger partial charge in [0.25, 0.3) is 0 Å². The lowest BCUT2D eigenvalue weighted by Crippen LogP contribution is -2.44. The largest absolute Gasteiger partial charge is 0.380 e. The molecular weight excluding hydrogens is 202 g/mol. The van der Waals surface area contributed by atoms with Crippen molar-refractivity contribution in [3.05, 3.63) is 0 Å². The number of nitrogens with zero attached hydrogens (tertiary/aromatic N) is 1. The zero-order valence-electron chi connectivity index (χ0n) is 10.9. The summed E-state index contributed by atoms with van der Waals surface area (Å²) in [5, 5.41) is 0. The molecule has 1 fully saturated rings. The molecule has 3 heteroatoms. The molecule has 16 heavy (non-hydrogen) atoms. The maximum atomic E-state index is 11.3. The Labute approximate surface area is 99.1 Å². The molecule has 0 aromatic carbocycles. The molecule has 1 heterocycles. The fraction of sp³-hybridized carbons (Fsp3) is 0.923. The Bertz CT molecular complexity index is 212. The van der Waals surface area contributed by atoms with Crippen molar-refractivity contribution in [2.24, 2.45) is 11.3 Å². The molecule has 0 saturated carbocycles. The fourth-order valence-corrected chi connectivity index (χ4v) is 2.39. The minimum absolute atomic E-state index is 0.250. The molecule has 2 unspecified atom stereocenters. The molecule has 0 bridgehead atoms. The first-order valence-electron chi connectivity index (χ1n) is 6.34. The summed E-state index contributed by atoms with van der Waals surface area (Å²) < 4.78 is 5.45. The Balaban J connectivity index is 2.45. The number of carbonyl (C=O) groups is 1. The number of ether oxygens (including phenoxy) is 1. The highest BCUT2D eigenvalue weighted by Crippen LogP contribution is 2.27. The van der Waals surface area contributed by atoms with Gasteiger partial charge >= 0.3 is 0 Å². The van der Waals surface area contributed by atoms with E-state index in [4.69, 9.17) is 4.74 Å². The van der Waals surface area contributed by atoms with Crippen molar-refractivity contribution in [3.8, 4) is 0 Å². The highest BCUT2D eigenvalue weighted by molar-refractivity contribution is 5.60. The van der Waals surface area contributed by atoms with Crippen LogP contribution < -0.4 is 0 Å². The maximum Gasteiger partial charge on any atom is 0.129 e. The molecule has 1 rings (SSSR count). The molecule has 0 aliphatic carbocycles. The SMILES string of the molecule is CCC(C)CN(C)CC1(C=O)CCCOC1. The highest BCUT2D eigenvalue weighted by Gasteiger charge is 2.33. The first-order valence-corrected chi connectivity index (χ1v) is 6.34. The quantitative estimate of drug-likeness (QED) is 0.650. The van der Waals surface area contributed by atoms with Crippen LogP contribution in [-0.4, -0.2) is 44.5 Å². The third-order valence-electron chi connectivity index (χ3n) is 3.51. The summed E-state index contributed by atoms with van der Waals surface area (Å²) in [4.78, 5) is 13.5. The fourth-order valence-electron chi connectivity index (χ4n) is 2.39. The normalized spacial score (nSPS) is 28.0. The number of hydrogen-bond acceptors (Lipinski definition) is 3. The summed E-state index contributed by atoms with van der Waals surface area (Å²) in [6, 6.07) is 0. The van der Waals surface area contributed by atoms with Crippen molar-refractivity contribution in [1.82, 2.24) is 4.90 Å². The van der Waals surface area contributed by atoms with Crippen LogP contribution in [-0.2, 0) is 9.53 Å². The molecule has 3 nitrogen and oxygen atoms in total. The van der Waals surface area contributed by atoms with Crippen molar-refractivity contribution < 1.29 is 9.53 Å². The lowest BCUT2D eigenvalue weighted by atomic mass is 9.83. The van der Waals surface area contributed by atoms with E-state index in [1.165, 1.54) is 6.42 Å². The first-order chi connectivity index (χ1) is 7.62. The maximum absolute atomic E-state index is 11.3. The van der Waals surface area contributed by atoms with Crippen LogP contribution in [0.3, 0.4) is 0 Å².